The number of aromatic nitrogens is 1. The van der Waals surface area contributed by atoms with E-state index in [0.717, 1.165) is 0 Å². The molecule has 8 heteroatoms. The molecule has 1 aliphatic rings. The minimum absolute atomic E-state index is 0.0240. The monoisotopic (exact) mass is 411 g/mol. The van der Waals surface area contributed by atoms with Crippen LogP contribution in [0.4, 0.5) is 5.82 Å². The van der Waals surface area contributed by atoms with Gasteiger partial charge < -0.3 is 14.6 Å². The topological polar surface area (TPSA) is 92.5 Å². The Hall–Kier alpha value is -3.19. The number of amides is 2. The van der Waals surface area contributed by atoms with Gasteiger partial charge in [-0.25, -0.2) is 9.78 Å². The standard InChI is InChI=1S/C21H18ClN3O4/c22-15-7-8-18(23-11-15)24-19(26)14-5-3-9-25(12-14)20(27)16-10-13-4-1-2-6-17(13)29-21(16)28/h1-2,4,6-8,10-11,14H,3,5,9,12H2,(H,23,24,26)/t14-/m1/s1. The number of hydrogen-bond acceptors (Lipinski definition) is 5. The average Bonchev–Trinajstić information content (AvgIpc) is 2.74. The number of nitrogens with zero attached hydrogens (tertiary/aromatic N) is 2. The van der Waals surface area contributed by atoms with Crippen molar-refractivity contribution in [2.75, 3.05) is 18.4 Å². The highest BCUT2D eigenvalue weighted by molar-refractivity contribution is 6.30. The number of likely N-dealkylation sites (tertiary alicyclic amines) is 1. The minimum atomic E-state index is -0.675. The van der Waals surface area contributed by atoms with Gasteiger partial charge in [0.15, 0.2) is 0 Å². The van der Waals surface area contributed by atoms with E-state index in [-0.39, 0.29) is 18.0 Å². The lowest BCUT2D eigenvalue weighted by molar-refractivity contribution is -0.121. The molecule has 1 atom stereocenters. The van der Waals surface area contributed by atoms with E-state index in [9.17, 15) is 14.4 Å². The molecule has 1 aliphatic heterocycles. The lowest BCUT2D eigenvalue weighted by Crippen LogP contribution is -2.44. The summed E-state index contributed by atoms with van der Waals surface area (Å²) in [6, 6.07) is 11.8. The number of fused-ring (bicyclic) bond motifs is 1. The van der Waals surface area contributed by atoms with E-state index in [1.165, 1.54) is 11.1 Å². The lowest BCUT2D eigenvalue weighted by atomic mass is 9.96. The fourth-order valence-electron chi connectivity index (χ4n) is 3.44. The zero-order chi connectivity index (χ0) is 20.4. The van der Waals surface area contributed by atoms with Crippen LogP contribution in [0.2, 0.25) is 5.02 Å². The summed E-state index contributed by atoms with van der Waals surface area (Å²) in [7, 11) is 0. The molecule has 3 heterocycles. The number of rotatable bonds is 3. The predicted octanol–water partition coefficient (Wildman–Crippen LogP) is 3.33. The van der Waals surface area contributed by atoms with Crippen molar-refractivity contribution in [1.82, 2.24) is 9.88 Å². The zero-order valence-electron chi connectivity index (χ0n) is 15.4. The Kier molecular flexibility index (Phi) is 5.31. The van der Waals surface area contributed by atoms with Crippen molar-refractivity contribution in [3.05, 3.63) is 69.7 Å². The van der Waals surface area contributed by atoms with Crippen molar-refractivity contribution in [1.29, 1.82) is 0 Å². The molecule has 2 amide bonds. The van der Waals surface area contributed by atoms with Crippen LogP contribution < -0.4 is 10.9 Å². The van der Waals surface area contributed by atoms with Gasteiger partial charge >= 0.3 is 5.63 Å². The van der Waals surface area contributed by atoms with Crippen LogP contribution in [0.15, 0.2) is 57.9 Å². The Morgan fingerprint density at radius 1 is 1.21 bits per heavy atom. The van der Waals surface area contributed by atoms with Crippen molar-refractivity contribution < 1.29 is 14.0 Å². The van der Waals surface area contributed by atoms with Crippen LogP contribution >= 0.6 is 11.6 Å². The number of nitrogens with one attached hydrogen (secondary N) is 1. The van der Waals surface area contributed by atoms with E-state index < -0.39 is 17.5 Å². The summed E-state index contributed by atoms with van der Waals surface area (Å²) in [4.78, 5) is 43.4. The maximum Gasteiger partial charge on any atom is 0.349 e. The number of piperidine rings is 1. The van der Waals surface area contributed by atoms with E-state index >= 15 is 0 Å². The molecule has 0 radical (unpaired) electrons. The average molecular weight is 412 g/mol. The van der Waals surface area contributed by atoms with Gasteiger partial charge in [-0.3, -0.25) is 9.59 Å². The first-order valence-corrected chi connectivity index (χ1v) is 9.63. The van der Waals surface area contributed by atoms with Crippen LogP contribution in [0.5, 0.6) is 0 Å². The fraction of sp³-hybridized carbons (Fsp3) is 0.238. The zero-order valence-corrected chi connectivity index (χ0v) is 16.2. The maximum absolute atomic E-state index is 12.9. The van der Waals surface area contributed by atoms with Gasteiger partial charge in [0.25, 0.3) is 5.91 Å². The van der Waals surface area contributed by atoms with Crippen LogP contribution in [0.1, 0.15) is 23.2 Å². The van der Waals surface area contributed by atoms with Crippen LogP contribution in [0.3, 0.4) is 0 Å². The van der Waals surface area contributed by atoms with Crippen LogP contribution in [0, 0.1) is 5.92 Å². The van der Waals surface area contributed by atoms with E-state index in [1.807, 2.05) is 6.07 Å². The van der Waals surface area contributed by atoms with Crippen molar-refractivity contribution in [3.63, 3.8) is 0 Å². The highest BCUT2D eigenvalue weighted by Gasteiger charge is 2.30. The summed E-state index contributed by atoms with van der Waals surface area (Å²) < 4.78 is 5.27. The molecule has 0 aliphatic carbocycles. The molecule has 29 heavy (non-hydrogen) atoms. The van der Waals surface area contributed by atoms with Gasteiger partial charge in [-0.15, -0.1) is 0 Å². The van der Waals surface area contributed by atoms with Crippen molar-refractivity contribution in [3.8, 4) is 0 Å². The third-order valence-corrected chi connectivity index (χ3v) is 5.15. The van der Waals surface area contributed by atoms with Crippen LogP contribution in [0.25, 0.3) is 11.0 Å². The van der Waals surface area contributed by atoms with E-state index in [4.69, 9.17) is 16.0 Å². The highest BCUT2D eigenvalue weighted by Crippen LogP contribution is 2.21. The first kappa shape index (κ1) is 19.1. The van der Waals surface area contributed by atoms with Gasteiger partial charge in [0.05, 0.1) is 10.9 Å². The molecule has 7 nitrogen and oxygen atoms in total. The molecule has 1 N–H and O–H groups in total. The molecule has 0 saturated carbocycles. The summed E-state index contributed by atoms with van der Waals surface area (Å²) in [6.45, 7) is 0.707. The van der Waals surface area contributed by atoms with Gasteiger partial charge in [0, 0.05) is 24.7 Å². The molecule has 1 fully saturated rings. The third kappa shape index (κ3) is 4.14. The van der Waals surface area contributed by atoms with Crippen molar-refractivity contribution >= 4 is 40.2 Å². The highest BCUT2D eigenvalue weighted by atomic mass is 35.5. The number of carbonyl (C=O) groups is 2. The Morgan fingerprint density at radius 2 is 2.03 bits per heavy atom. The molecule has 4 rings (SSSR count). The third-order valence-electron chi connectivity index (χ3n) is 4.93. The number of anilines is 1. The van der Waals surface area contributed by atoms with Crippen LogP contribution in [-0.2, 0) is 4.79 Å². The Balaban J connectivity index is 1.50. The van der Waals surface area contributed by atoms with Gasteiger partial charge in [-0.05, 0) is 37.1 Å². The maximum atomic E-state index is 12.9. The normalized spacial score (nSPS) is 16.6. The van der Waals surface area contributed by atoms with Crippen molar-refractivity contribution in [2.24, 2.45) is 5.92 Å². The number of halogens is 1. The number of hydrogen-bond donors (Lipinski definition) is 1. The summed E-state index contributed by atoms with van der Waals surface area (Å²) in [6.07, 6.45) is 2.76. The van der Waals surface area contributed by atoms with Gasteiger partial charge in [-0.2, -0.15) is 0 Å². The minimum Gasteiger partial charge on any atom is -0.422 e. The number of benzene rings is 1. The van der Waals surface area contributed by atoms with Crippen LogP contribution in [-0.4, -0.2) is 34.8 Å². The molecular weight excluding hydrogens is 394 g/mol. The Morgan fingerprint density at radius 3 is 2.83 bits per heavy atom. The van der Waals surface area contributed by atoms with E-state index in [1.54, 1.807) is 36.4 Å². The second-order valence-electron chi connectivity index (χ2n) is 6.93. The summed E-state index contributed by atoms with van der Waals surface area (Å²) in [5.41, 5.74) is -0.268. The largest absolute Gasteiger partial charge is 0.422 e. The smallest absolute Gasteiger partial charge is 0.349 e. The molecule has 0 spiro atoms. The number of pyridine rings is 1. The first-order chi connectivity index (χ1) is 14.0. The second kappa shape index (κ2) is 8.05. The SMILES string of the molecule is O=C(Nc1ccc(Cl)cn1)[C@@H]1CCCN(C(=O)c2cc3ccccc3oc2=O)C1. The molecule has 148 valence electrons. The lowest BCUT2D eigenvalue weighted by Gasteiger charge is -2.31. The molecule has 2 aromatic heterocycles. The fourth-order valence-corrected chi connectivity index (χ4v) is 3.55. The molecule has 0 bridgehead atoms. The Bertz CT molecular complexity index is 1130. The molecule has 0 unspecified atom stereocenters. The summed E-state index contributed by atoms with van der Waals surface area (Å²) >= 11 is 5.81. The van der Waals surface area contributed by atoms with Gasteiger partial charge in [0.2, 0.25) is 5.91 Å². The van der Waals surface area contributed by atoms with E-state index in [2.05, 4.69) is 10.3 Å². The number of para-hydroxylation sites is 1. The molecule has 3 aromatic rings. The predicted molar refractivity (Wildman–Crippen MR) is 109 cm³/mol. The first-order valence-electron chi connectivity index (χ1n) is 9.26. The summed E-state index contributed by atoms with van der Waals surface area (Å²) in [5.74, 6) is -0.634. The second-order valence-corrected chi connectivity index (χ2v) is 7.36. The molecule has 1 aromatic carbocycles. The van der Waals surface area contributed by atoms with Gasteiger partial charge in [-0.1, -0.05) is 29.8 Å². The van der Waals surface area contributed by atoms with Crippen molar-refractivity contribution in [2.45, 2.75) is 12.8 Å². The number of carbonyl (C=O) groups excluding carboxylic acids is 2. The van der Waals surface area contributed by atoms with E-state index in [0.29, 0.717) is 41.2 Å². The molecular formula is C21H18ClN3O4. The quantitative estimate of drug-likeness (QED) is 0.667. The Labute approximate surface area is 171 Å². The molecule has 1 saturated heterocycles. The summed E-state index contributed by atoms with van der Waals surface area (Å²) in [5, 5.41) is 3.90. The van der Waals surface area contributed by atoms with Gasteiger partial charge in [0.1, 0.15) is 17.0 Å².